The molecule has 1 aromatic heterocycles. The van der Waals surface area contributed by atoms with Crippen molar-refractivity contribution in [3.05, 3.63) is 17.3 Å². The summed E-state index contributed by atoms with van der Waals surface area (Å²) in [6.45, 7) is 0. The van der Waals surface area contributed by atoms with Gasteiger partial charge in [0.2, 0.25) is 5.88 Å². The van der Waals surface area contributed by atoms with E-state index < -0.39 is 23.9 Å². The number of hydrogen-bond donors (Lipinski definition) is 1. The zero-order valence-electron chi connectivity index (χ0n) is 8.92. The molecule has 9 heteroatoms. The predicted octanol–water partition coefficient (Wildman–Crippen LogP) is 2.58. The first-order chi connectivity index (χ1) is 8.28. The standard InChI is InChI=1S/C9H7BrF3NO4/c1-17-5-2-4(3-10)7(18-9(11,12)13)14-6(5)8(15)16/h2H,3H2,1H3,(H,15,16). The van der Waals surface area contributed by atoms with Crippen molar-refractivity contribution in [2.45, 2.75) is 11.7 Å². The van der Waals surface area contributed by atoms with Crippen molar-refractivity contribution in [2.24, 2.45) is 0 Å². The van der Waals surface area contributed by atoms with Crippen LogP contribution in [-0.4, -0.2) is 29.5 Å². The van der Waals surface area contributed by atoms with Crippen LogP contribution in [0.5, 0.6) is 11.6 Å². The number of pyridine rings is 1. The minimum absolute atomic E-state index is 0.00166. The van der Waals surface area contributed by atoms with E-state index in [1.807, 2.05) is 0 Å². The second kappa shape index (κ2) is 5.42. The van der Waals surface area contributed by atoms with Gasteiger partial charge >= 0.3 is 12.3 Å². The monoisotopic (exact) mass is 329 g/mol. The molecule has 0 saturated heterocycles. The molecule has 0 radical (unpaired) electrons. The Kier molecular flexibility index (Phi) is 4.38. The van der Waals surface area contributed by atoms with Crippen LogP contribution in [0, 0.1) is 0 Å². The maximum atomic E-state index is 12.1. The predicted molar refractivity (Wildman–Crippen MR) is 57.1 cm³/mol. The van der Waals surface area contributed by atoms with Crippen LogP contribution >= 0.6 is 15.9 Å². The number of carbonyl (C=O) groups is 1. The van der Waals surface area contributed by atoms with Crippen molar-refractivity contribution in [3.8, 4) is 11.6 Å². The van der Waals surface area contributed by atoms with Gasteiger partial charge in [-0.05, 0) is 6.07 Å². The van der Waals surface area contributed by atoms with E-state index in [9.17, 15) is 18.0 Å². The molecule has 0 aliphatic heterocycles. The quantitative estimate of drug-likeness (QED) is 0.860. The SMILES string of the molecule is COc1cc(CBr)c(OC(F)(F)F)nc1C(=O)O. The third kappa shape index (κ3) is 3.49. The summed E-state index contributed by atoms with van der Waals surface area (Å²) < 4.78 is 44.7. The van der Waals surface area contributed by atoms with E-state index >= 15 is 0 Å². The highest BCUT2D eigenvalue weighted by Crippen LogP contribution is 2.30. The molecule has 1 aromatic rings. The van der Waals surface area contributed by atoms with Gasteiger partial charge in [0.25, 0.3) is 0 Å². The zero-order chi connectivity index (χ0) is 13.9. The molecular weight excluding hydrogens is 323 g/mol. The smallest absolute Gasteiger partial charge is 0.494 e. The van der Waals surface area contributed by atoms with Gasteiger partial charge in [-0.2, -0.15) is 0 Å². The van der Waals surface area contributed by atoms with Gasteiger partial charge in [-0.25, -0.2) is 9.78 Å². The van der Waals surface area contributed by atoms with E-state index in [1.54, 1.807) is 0 Å². The van der Waals surface area contributed by atoms with Crippen LogP contribution in [0.2, 0.25) is 0 Å². The Bertz CT molecular complexity index is 464. The lowest BCUT2D eigenvalue weighted by molar-refractivity contribution is -0.276. The molecule has 0 spiro atoms. The third-order valence-electron chi connectivity index (χ3n) is 1.81. The molecule has 0 aromatic carbocycles. The molecular formula is C9H7BrF3NO4. The summed E-state index contributed by atoms with van der Waals surface area (Å²) >= 11 is 2.95. The Labute approximate surface area is 108 Å². The minimum Gasteiger partial charge on any atom is -0.494 e. The number of methoxy groups -OCH3 is 1. The number of alkyl halides is 4. The summed E-state index contributed by atoms with van der Waals surface area (Å²) in [6.07, 6.45) is -4.95. The van der Waals surface area contributed by atoms with Gasteiger partial charge in [0.15, 0.2) is 11.4 Å². The molecule has 0 atom stereocenters. The Balaban J connectivity index is 3.32. The number of nitrogens with zero attached hydrogens (tertiary/aromatic N) is 1. The van der Waals surface area contributed by atoms with Crippen LogP contribution in [0.25, 0.3) is 0 Å². The summed E-state index contributed by atoms with van der Waals surface area (Å²) in [5.74, 6) is -2.48. The van der Waals surface area contributed by atoms with Crippen molar-refractivity contribution in [2.75, 3.05) is 7.11 Å². The fourth-order valence-corrected chi connectivity index (χ4v) is 1.52. The summed E-state index contributed by atoms with van der Waals surface area (Å²) in [4.78, 5) is 14.1. The average molecular weight is 330 g/mol. The van der Waals surface area contributed by atoms with Gasteiger partial charge in [-0.3, -0.25) is 0 Å². The van der Waals surface area contributed by atoms with E-state index in [4.69, 9.17) is 9.84 Å². The van der Waals surface area contributed by atoms with E-state index in [0.717, 1.165) is 6.07 Å². The number of rotatable bonds is 4. The number of aromatic carboxylic acids is 1. The van der Waals surface area contributed by atoms with Gasteiger partial charge in [0.1, 0.15) is 0 Å². The first-order valence-corrected chi connectivity index (χ1v) is 5.53. The number of ether oxygens (including phenoxy) is 2. The first kappa shape index (κ1) is 14.6. The minimum atomic E-state index is -4.95. The summed E-state index contributed by atoms with van der Waals surface area (Å²) in [5.41, 5.74) is -0.629. The number of carboxylic acid groups (broad SMARTS) is 1. The Morgan fingerprint density at radius 3 is 2.56 bits per heavy atom. The lowest BCUT2D eigenvalue weighted by Gasteiger charge is -2.13. The molecule has 100 valence electrons. The van der Waals surface area contributed by atoms with Crippen LogP contribution < -0.4 is 9.47 Å². The maximum Gasteiger partial charge on any atom is 0.574 e. The number of halogens is 4. The number of carboxylic acids is 1. The highest BCUT2D eigenvalue weighted by atomic mass is 79.9. The Morgan fingerprint density at radius 1 is 1.56 bits per heavy atom. The fraction of sp³-hybridized carbons (Fsp3) is 0.333. The zero-order valence-corrected chi connectivity index (χ0v) is 10.5. The topological polar surface area (TPSA) is 68.7 Å². The van der Waals surface area contributed by atoms with Crippen LogP contribution in [0.15, 0.2) is 6.07 Å². The van der Waals surface area contributed by atoms with Crippen LogP contribution in [-0.2, 0) is 5.33 Å². The molecule has 1 heterocycles. The lowest BCUT2D eigenvalue weighted by Crippen LogP contribution is -2.20. The van der Waals surface area contributed by atoms with Crippen LogP contribution in [0.3, 0.4) is 0 Å². The van der Waals surface area contributed by atoms with Gasteiger partial charge in [-0.1, -0.05) is 15.9 Å². The largest absolute Gasteiger partial charge is 0.574 e. The van der Waals surface area contributed by atoms with Gasteiger partial charge in [-0.15, -0.1) is 13.2 Å². The third-order valence-corrected chi connectivity index (χ3v) is 2.41. The highest BCUT2D eigenvalue weighted by molar-refractivity contribution is 9.08. The molecule has 1 N–H and O–H groups in total. The van der Waals surface area contributed by atoms with E-state index in [-0.39, 0.29) is 16.6 Å². The first-order valence-electron chi connectivity index (χ1n) is 4.41. The molecule has 0 amide bonds. The van der Waals surface area contributed by atoms with E-state index in [2.05, 4.69) is 25.7 Å². The molecule has 18 heavy (non-hydrogen) atoms. The Hall–Kier alpha value is -1.51. The average Bonchev–Trinajstić information content (AvgIpc) is 2.26. The molecule has 0 aliphatic carbocycles. The van der Waals surface area contributed by atoms with E-state index in [0.29, 0.717) is 0 Å². The van der Waals surface area contributed by atoms with Crippen molar-refractivity contribution < 1.29 is 32.5 Å². The summed E-state index contributed by atoms with van der Waals surface area (Å²) in [7, 11) is 1.19. The molecule has 5 nitrogen and oxygen atoms in total. The van der Waals surface area contributed by atoms with Gasteiger partial charge in [0, 0.05) is 10.9 Å². The summed E-state index contributed by atoms with van der Waals surface area (Å²) in [5, 5.41) is 8.79. The second-order valence-electron chi connectivity index (χ2n) is 2.99. The molecule has 0 bridgehead atoms. The molecule has 0 unspecified atom stereocenters. The molecule has 0 aliphatic rings. The normalized spacial score (nSPS) is 11.2. The maximum absolute atomic E-state index is 12.1. The van der Waals surface area contributed by atoms with Gasteiger partial charge < -0.3 is 14.6 Å². The molecule has 1 rings (SSSR count). The van der Waals surface area contributed by atoms with Crippen molar-refractivity contribution in [1.82, 2.24) is 4.98 Å². The lowest BCUT2D eigenvalue weighted by atomic mass is 10.2. The molecule has 0 saturated carbocycles. The Morgan fingerprint density at radius 2 is 2.17 bits per heavy atom. The van der Waals surface area contributed by atoms with Crippen LogP contribution in [0.4, 0.5) is 13.2 Å². The highest BCUT2D eigenvalue weighted by Gasteiger charge is 2.33. The van der Waals surface area contributed by atoms with Crippen molar-refractivity contribution in [3.63, 3.8) is 0 Å². The van der Waals surface area contributed by atoms with Gasteiger partial charge in [0.05, 0.1) is 7.11 Å². The fourth-order valence-electron chi connectivity index (χ4n) is 1.12. The van der Waals surface area contributed by atoms with Crippen LogP contribution in [0.1, 0.15) is 16.1 Å². The second-order valence-corrected chi connectivity index (χ2v) is 3.55. The van der Waals surface area contributed by atoms with Crippen molar-refractivity contribution >= 4 is 21.9 Å². The number of aromatic nitrogens is 1. The molecule has 0 fully saturated rings. The summed E-state index contributed by atoms with van der Waals surface area (Å²) in [6, 6.07) is 1.12. The van der Waals surface area contributed by atoms with E-state index in [1.165, 1.54) is 7.11 Å². The van der Waals surface area contributed by atoms with Crippen molar-refractivity contribution in [1.29, 1.82) is 0 Å². The number of hydrogen-bond acceptors (Lipinski definition) is 4.